The smallest absolute Gasteiger partial charge is 0.234 e. The average molecular weight is 417 g/mol. The first-order valence-electron chi connectivity index (χ1n) is 8.72. The Morgan fingerprint density at radius 1 is 1.21 bits per heavy atom. The fraction of sp³-hybridized carbons (Fsp3) is 0.238. The van der Waals surface area contributed by atoms with Crippen molar-refractivity contribution in [3.8, 4) is 5.75 Å². The lowest BCUT2D eigenvalue weighted by Gasteiger charge is -2.09. The third kappa shape index (κ3) is 4.51. The lowest BCUT2D eigenvalue weighted by Crippen LogP contribution is -2.14. The quantitative estimate of drug-likeness (QED) is 0.612. The number of fused-ring (bicyclic) bond motifs is 1. The van der Waals surface area contributed by atoms with E-state index in [-0.39, 0.29) is 17.1 Å². The van der Waals surface area contributed by atoms with Gasteiger partial charge in [-0.1, -0.05) is 17.7 Å². The molecule has 0 saturated carbocycles. The number of carbonyl (C=O) groups excluding carboxylic acids is 1. The largest absolute Gasteiger partial charge is 0.495 e. The molecule has 0 radical (unpaired) electrons. The first kappa shape index (κ1) is 20.3. The van der Waals surface area contributed by atoms with Gasteiger partial charge in [0.1, 0.15) is 5.75 Å². The Bertz CT molecular complexity index is 1090. The zero-order valence-corrected chi connectivity index (χ0v) is 17.5. The number of benzene rings is 2. The molecule has 146 valence electrons. The van der Waals surface area contributed by atoms with Crippen LogP contribution in [0.15, 0.2) is 41.2 Å². The molecular weight excluding hydrogens is 396 g/mol. The number of rotatable bonds is 6. The summed E-state index contributed by atoms with van der Waals surface area (Å²) in [6, 6.07) is 10.5. The van der Waals surface area contributed by atoms with E-state index >= 15 is 0 Å². The van der Waals surface area contributed by atoms with Gasteiger partial charge in [-0.15, -0.1) is 11.8 Å². The predicted molar refractivity (Wildman–Crippen MR) is 117 cm³/mol. The van der Waals surface area contributed by atoms with Crippen molar-refractivity contribution in [3.05, 3.63) is 68.5 Å². The fourth-order valence-electron chi connectivity index (χ4n) is 2.89. The number of methoxy groups -OCH3 is 1. The Hall–Kier alpha value is -2.44. The number of thioether (sulfide) groups is 1. The van der Waals surface area contributed by atoms with Crippen LogP contribution in [-0.4, -0.2) is 23.8 Å². The molecule has 0 aliphatic carbocycles. The minimum atomic E-state index is -0.138. The molecule has 0 aliphatic rings. The monoisotopic (exact) mass is 416 g/mol. The van der Waals surface area contributed by atoms with Crippen LogP contribution in [0.1, 0.15) is 16.8 Å². The number of H-pyrrole nitrogens is 1. The van der Waals surface area contributed by atoms with Crippen molar-refractivity contribution in [2.75, 3.05) is 18.2 Å². The van der Waals surface area contributed by atoms with Crippen LogP contribution in [0.25, 0.3) is 10.9 Å². The molecule has 2 aromatic carbocycles. The molecule has 2 N–H and O–H groups in total. The summed E-state index contributed by atoms with van der Waals surface area (Å²) >= 11 is 7.50. The Morgan fingerprint density at radius 2 is 2.00 bits per heavy atom. The molecule has 1 aromatic heterocycles. The Morgan fingerprint density at radius 3 is 2.71 bits per heavy atom. The highest BCUT2D eigenvalue weighted by atomic mass is 35.5. The number of aromatic amines is 1. The highest BCUT2D eigenvalue weighted by Gasteiger charge is 2.09. The van der Waals surface area contributed by atoms with Gasteiger partial charge in [-0.3, -0.25) is 9.59 Å². The highest BCUT2D eigenvalue weighted by Crippen LogP contribution is 2.27. The van der Waals surface area contributed by atoms with E-state index in [1.165, 1.54) is 18.9 Å². The second kappa shape index (κ2) is 8.71. The average Bonchev–Trinajstić information content (AvgIpc) is 2.65. The van der Waals surface area contributed by atoms with E-state index in [4.69, 9.17) is 16.3 Å². The van der Waals surface area contributed by atoms with E-state index in [0.29, 0.717) is 27.6 Å². The van der Waals surface area contributed by atoms with Crippen LogP contribution in [-0.2, 0) is 10.5 Å². The molecule has 1 heterocycles. The van der Waals surface area contributed by atoms with Crippen molar-refractivity contribution < 1.29 is 9.53 Å². The lowest BCUT2D eigenvalue weighted by atomic mass is 10.0. The van der Waals surface area contributed by atoms with Gasteiger partial charge in [-0.25, -0.2) is 0 Å². The maximum Gasteiger partial charge on any atom is 0.234 e. The van der Waals surface area contributed by atoms with Crippen LogP contribution in [0.2, 0.25) is 5.02 Å². The third-order valence-corrected chi connectivity index (χ3v) is 5.80. The summed E-state index contributed by atoms with van der Waals surface area (Å²) in [7, 11) is 1.54. The van der Waals surface area contributed by atoms with Gasteiger partial charge in [0.2, 0.25) is 5.91 Å². The number of aromatic nitrogens is 1. The summed E-state index contributed by atoms with van der Waals surface area (Å²) in [5.41, 5.74) is 4.46. The molecule has 0 saturated heterocycles. The highest BCUT2D eigenvalue weighted by molar-refractivity contribution is 7.99. The molecule has 1 amide bonds. The van der Waals surface area contributed by atoms with Crippen LogP contribution in [0, 0.1) is 13.8 Å². The molecule has 7 heteroatoms. The van der Waals surface area contributed by atoms with Gasteiger partial charge in [-0.2, -0.15) is 0 Å². The predicted octanol–water partition coefficient (Wildman–Crippen LogP) is 4.68. The summed E-state index contributed by atoms with van der Waals surface area (Å²) < 4.78 is 5.10. The maximum atomic E-state index is 12.4. The van der Waals surface area contributed by atoms with Crippen LogP contribution in [0.3, 0.4) is 0 Å². The van der Waals surface area contributed by atoms with E-state index in [1.807, 2.05) is 26.0 Å². The first-order chi connectivity index (χ1) is 13.4. The number of amides is 1. The summed E-state index contributed by atoms with van der Waals surface area (Å²) in [5.74, 6) is 1.22. The minimum Gasteiger partial charge on any atom is -0.495 e. The van der Waals surface area contributed by atoms with Gasteiger partial charge in [0.05, 0.1) is 23.4 Å². The second-order valence-corrected chi connectivity index (χ2v) is 7.87. The normalized spacial score (nSPS) is 10.9. The molecule has 0 atom stereocenters. The topological polar surface area (TPSA) is 71.2 Å². The number of ether oxygens (including phenoxy) is 1. The number of hydrogen-bond donors (Lipinski definition) is 2. The van der Waals surface area contributed by atoms with Gasteiger partial charge < -0.3 is 15.0 Å². The number of carbonyl (C=O) groups is 1. The zero-order chi connectivity index (χ0) is 20.3. The van der Waals surface area contributed by atoms with Crippen molar-refractivity contribution in [1.29, 1.82) is 0 Å². The number of hydrogen-bond acceptors (Lipinski definition) is 4. The summed E-state index contributed by atoms with van der Waals surface area (Å²) in [4.78, 5) is 27.9. The van der Waals surface area contributed by atoms with E-state index in [2.05, 4.69) is 10.3 Å². The van der Waals surface area contributed by atoms with Crippen molar-refractivity contribution in [2.24, 2.45) is 0 Å². The van der Waals surface area contributed by atoms with Crippen molar-refractivity contribution in [3.63, 3.8) is 0 Å². The number of nitrogens with one attached hydrogen (secondary N) is 2. The van der Waals surface area contributed by atoms with E-state index in [9.17, 15) is 9.59 Å². The molecule has 5 nitrogen and oxygen atoms in total. The van der Waals surface area contributed by atoms with Gasteiger partial charge in [0, 0.05) is 28.6 Å². The van der Waals surface area contributed by atoms with Gasteiger partial charge in [-0.05, 0) is 49.2 Å². The molecule has 3 rings (SSSR count). The number of pyridine rings is 1. The lowest BCUT2D eigenvalue weighted by molar-refractivity contribution is -0.113. The van der Waals surface area contributed by atoms with E-state index in [0.717, 1.165) is 22.3 Å². The van der Waals surface area contributed by atoms with Gasteiger partial charge in [0.25, 0.3) is 0 Å². The zero-order valence-electron chi connectivity index (χ0n) is 15.9. The number of anilines is 1. The minimum absolute atomic E-state index is 0.00947. The molecule has 0 fully saturated rings. The molecule has 28 heavy (non-hydrogen) atoms. The van der Waals surface area contributed by atoms with Gasteiger partial charge in [0.15, 0.2) is 5.43 Å². The molecule has 0 unspecified atom stereocenters. The van der Waals surface area contributed by atoms with Crippen LogP contribution in [0.5, 0.6) is 5.75 Å². The third-order valence-electron chi connectivity index (χ3n) is 4.52. The van der Waals surface area contributed by atoms with E-state index < -0.39 is 0 Å². The molecule has 3 aromatic rings. The summed E-state index contributed by atoms with van der Waals surface area (Å²) in [5, 5.41) is 3.93. The first-order valence-corrected chi connectivity index (χ1v) is 10.3. The van der Waals surface area contributed by atoms with Crippen LogP contribution < -0.4 is 15.5 Å². The van der Waals surface area contributed by atoms with Crippen LogP contribution in [0.4, 0.5) is 5.69 Å². The maximum absolute atomic E-state index is 12.4. The van der Waals surface area contributed by atoms with Crippen LogP contribution >= 0.6 is 23.4 Å². The number of halogens is 1. The van der Waals surface area contributed by atoms with Crippen molar-refractivity contribution >= 4 is 45.9 Å². The van der Waals surface area contributed by atoms with Gasteiger partial charge >= 0.3 is 0 Å². The standard InChI is InChI=1S/C21H21ClN2O3S/c1-12-4-6-16-18(25)9-15(24-21(16)13(12)2)10-28-11-20(26)23-14-5-7-19(27-3)17(22)8-14/h4-9H,10-11H2,1-3H3,(H,23,26)(H,24,25). The second-order valence-electron chi connectivity index (χ2n) is 6.48. The Labute approximate surface area is 172 Å². The summed E-state index contributed by atoms with van der Waals surface area (Å²) in [6.07, 6.45) is 0. The summed E-state index contributed by atoms with van der Waals surface area (Å²) in [6.45, 7) is 4.02. The van der Waals surface area contributed by atoms with E-state index in [1.54, 1.807) is 24.3 Å². The Balaban J connectivity index is 1.63. The van der Waals surface area contributed by atoms with Crippen molar-refractivity contribution in [1.82, 2.24) is 4.98 Å². The molecule has 0 aliphatic heterocycles. The fourth-order valence-corrected chi connectivity index (χ4v) is 3.88. The molecule has 0 bridgehead atoms. The molecular formula is C21H21ClN2O3S. The van der Waals surface area contributed by atoms with Crippen molar-refractivity contribution in [2.45, 2.75) is 19.6 Å². The Kier molecular flexibility index (Phi) is 6.31. The number of aryl methyl sites for hydroxylation is 2. The molecule has 0 spiro atoms. The SMILES string of the molecule is COc1ccc(NC(=O)CSCc2cc(=O)c3ccc(C)c(C)c3[nH]2)cc1Cl.